The van der Waals surface area contributed by atoms with Gasteiger partial charge in [-0.2, -0.15) is 0 Å². The van der Waals surface area contributed by atoms with Crippen LogP contribution in [0.4, 0.5) is 4.39 Å². The van der Waals surface area contributed by atoms with Crippen molar-refractivity contribution in [3.8, 4) is 0 Å². The van der Waals surface area contributed by atoms with Crippen LogP contribution in [0.3, 0.4) is 0 Å². The molecule has 16 heavy (non-hydrogen) atoms. The Labute approximate surface area is 92.8 Å². The third kappa shape index (κ3) is 1.98. The van der Waals surface area contributed by atoms with Crippen LogP contribution in [0.15, 0.2) is 42.6 Å². The van der Waals surface area contributed by atoms with Gasteiger partial charge >= 0.3 is 0 Å². The molecule has 0 aliphatic heterocycles. The second kappa shape index (κ2) is 4.23. The molecule has 0 atom stereocenters. The van der Waals surface area contributed by atoms with E-state index in [9.17, 15) is 9.18 Å². The number of hydrogen-bond donors (Lipinski definition) is 0. The van der Waals surface area contributed by atoms with Gasteiger partial charge in [-0.25, -0.2) is 4.39 Å². The number of carbonyl (C=O) groups is 1. The van der Waals surface area contributed by atoms with Crippen molar-refractivity contribution < 1.29 is 9.18 Å². The molecule has 0 spiro atoms. The van der Waals surface area contributed by atoms with Crippen molar-refractivity contribution in [1.82, 2.24) is 4.98 Å². The van der Waals surface area contributed by atoms with Gasteiger partial charge in [0.15, 0.2) is 0 Å². The van der Waals surface area contributed by atoms with Crippen LogP contribution in [0.2, 0.25) is 0 Å². The fourth-order valence-electron chi connectivity index (χ4n) is 1.52. The lowest BCUT2D eigenvalue weighted by atomic mass is 10.0. The van der Waals surface area contributed by atoms with E-state index in [-0.39, 0.29) is 11.6 Å². The molecule has 0 bridgehead atoms. The van der Waals surface area contributed by atoms with E-state index in [0.29, 0.717) is 16.8 Å². The Morgan fingerprint density at radius 1 is 1.25 bits per heavy atom. The highest BCUT2D eigenvalue weighted by Gasteiger charge is 2.12. The summed E-state index contributed by atoms with van der Waals surface area (Å²) in [5.74, 6) is -0.520. The number of pyridine rings is 1. The Morgan fingerprint density at radius 2 is 2.06 bits per heavy atom. The maximum atomic E-state index is 12.9. The molecule has 80 valence electrons. The maximum Gasteiger partial charge on any atom is 0.211 e. The van der Waals surface area contributed by atoms with Crippen molar-refractivity contribution in [3.63, 3.8) is 0 Å². The minimum atomic E-state index is -0.338. The van der Waals surface area contributed by atoms with E-state index in [1.165, 1.54) is 18.2 Å². The number of rotatable bonds is 2. The Kier molecular flexibility index (Phi) is 2.77. The van der Waals surface area contributed by atoms with Gasteiger partial charge in [-0.1, -0.05) is 6.07 Å². The van der Waals surface area contributed by atoms with E-state index >= 15 is 0 Å². The average molecular weight is 215 g/mol. The zero-order valence-electron chi connectivity index (χ0n) is 8.77. The first-order valence-electron chi connectivity index (χ1n) is 4.90. The van der Waals surface area contributed by atoms with Crippen LogP contribution in [0.1, 0.15) is 21.6 Å². The van der Waals surface area contributed by atoms with Gasteiger partial charge in [0.1, 0.15) is 11.5 Å². The Morgan fingerprint density at radius 3 is 2.69 bits per heavy atom. The van der Waals surface area contributed by atoms with E-state index in [0.717, 1.165) is 0 Å². The largest absolute Gasteiger partial charge is 0.287 e. The van der Waals surface area contributed by atoms with Crippen LogP contribution >= 0.6 is 0 Å². The van der Waals surface area contributed by atoms with Gasteiger partial charge in [-0.3, -0.25) is 9.78 Å². The molecule has 2 rings (SSSR count). The van der Waals surface area contributed by atoms with E-state index < -0.39 is 0 Å². The fraction of sp³-hybridized carbons (Fsp3) is 0.0769. The lowest BCUT2D eigenvalue weighted by molar-refractivity contribution is 0.103. The molecule has 0 radical (unpaired) electrons. The fourth-order valence-corrected chi connectivity index (χ4v) is 1.52. The van der Waals surface area contributed by atoms with Gasteiger partial charge in [-0.15, -0.1) is 0 Å². The van der Waals surface area contributed by atoms with Crippen molar-refractivity contribution in [1.29, 1.82) is 0 Å². The first-order chi connectivity index (χ1) is 7.68. The third-order valence-corrected chi connectivity index (χ3v) is 2.33. The van der Waals surface area contributed by atoms with Gasteiger partial charge in [0.25, 0.3) is 0 Å². The summed E-state index contributed by atoms with van der Waals surface area (Å²) in [5, 5.41) is 0. The molecule has 0 saturated heterocycles. The zero-order chi connectivity index (χ0) is 11.5. The summed E-state index contributed by atoms with van der Waals surface area (Å²) in [6.45, 7) is 1.71. The van der Waals surface area contributed by atoms with Gasteiger partial charge in [-0.05, 0) is 42.8 Å². The van der Waals surface area contributed by atoms with Gasteiger partial charge in [0, 0.05) is 11.8 Å². The molecule has 1 aromatic carbocycles. The highest BCUT2D eigenvalue weighted by molar-refractivity contribution is 6.08. The standard InChI is InChI=1S/C13H10FNO/c1-9-8-10(14)5-6-11(9)13(16)12-4-2-3-7-15-12/h2-8H,1H3. The molecule has 0 aliphatic carbocycles. The smallest absolute Gasteiger partial charge is 0.211 e. The third-order valence-electron chi connectivity index (χ3n) is 2.33. The van der Waals surface area contributed by atoms with E-state index in [1.807, 2.05) is 0 Å². The Bertz CT molecular complexity index is 523. The summed E-state index contributed by atoms with van der Waals surface area (Å²) < 4.78 is 12.9. The van der Waals surface area contributed by atoms with Crippen LogP contribution in [-0.2, 0) is 0 Å². The maximum absolute atomic E-state index is 12.9. The second-order valence-corrected chi connectivity index (χ2v) is 3.50. The predicted octanol–water partition coefficient (Wildman–Crippen LogP) is 2.76. The number of halogens is 1. The highest BCUT2D eigenvalue weighted by atomic mass is 19.1. The summed E-state index contributed by atoms with van der Waals surface area (Å²) in [6.07, 6.45) is 1.56. The first-order valence-corrected chi connectivity index (χ1v) is 4.90. The van der Waals surface area contributed by atoms with E-state index in [1.54, 1.807) is 31.3 Å². The Balaban J connectivity index is 2.42. The quantitative estimate of drug-likeness (QED) is 0.721. The number of nitrogens with zero attached hydrogens (tertiary/aromatic N) is 1. The van der Waals surface area contributed by atoms with Crippen molar-refractivity contribution in [2.75, 3.05) is 0 Å². The number of carbonyl (C=O) groups excluding carboxylic acids is 1. The van der Waals surface area contributed by atoms with Gasteiger partial charge < -0.3 is 0 Å². The molecular weight excluding hydrogens is 205 g/mol. The molecule has 3 heteroatoms. The number of hydrogen-bond acceptors (Lipinski definition) is 2. The topological polar surface area (TPSA) is 30.0 Å². The number of aromatic nitrogens is 1. The first kappa shape index (κ1) is 10.5. The van der Waals surface area contributed by atoms with Crippen LogP contribution in [0, 0.1) is 12.7 Å². The molecule has 0 N–H and O–H groups in total. The van der Waals surface area contributed by atoms with E-state index in [2.05, 4.69) is 4.98 Å². The summed E-state index contributed by atoms with van der Waals surface area (Å²) in [5.41, 5.74) is 1.48. The molecule has 0 saturated carbocycles. The summed E-state index contributed by atoms with van der Waals surface area (Å²) in [6, 6.07) is 9.25. The van der Waals surface area contributed by atoms with Gasteiger partial charge in [0.05, 0.1) is 0 Å². The van der Waals surface area contributed by atoms with E-state index in [4.69, 9.17) is 0 Å². The van der Waals surface area contributed by atoms with Crippen molar-refractivity contribution in [2.45, 2.75) is 6.92 Å². The lowest BCUT2D eigenvalue weighted by Gasteiger charge is -2.03. The van der Waals surface area contributed by atoms with Gasteiger partial charge in [0.2, 0.25) is 5.78 Å². The lowest BCUT2D eigenvalue weighted by Crippen LogP contribution is -2.05. The number of ketones is 1. The van der Waals surface area contributed by atoms with Crippen molar-refractivity contribution in [3.05, 3.63) is 65.2 Å². The predicted molar refractivity (Wildman–Crippen MR) is 58.8 cm³/mol. The van der Waals surface area contributed by atoms with Crippen molar-refractivity contribution >= 4 is 5.78 Å². The molecular formula is C13H10FNO. The number of benzene rings is 1. The minimum absolute atomic E-state index is 0.182. The van der Waals surface area contributed by atoms with Crippen molar-refractivity contribution in [2.24, 2.45) is 0 Å². The van der Waals surface area contributed by atoms with Crippen LogP contribution in [-0.4, -0.2) is 10.8 Å². The highest BCUT2D eigenvalue weighted by Crippen LogP contribution is 2.13. The molecule has 0 unspecified atom stereocenters. The summed E-state index contributed by atoms with van der Waals surface area (Å²) in [7, 11) is 0. The molecule has 1 heterocycles. The normalized spacial score (nSPS) is 10.1. The van der Waals surface area contributed by atoms with Crippen LogP contribution < -0.4 is 0 Å². The molecule has 2 aromatic rings. The molecule has 0 fully saturated rings. The summed E-state index contributed by atoms with van der Waals surface area (Å²) in [4.78, 5) is 16.0. The molecule has 2 nitrogen and oxygen atoms in total. The average Bonchev–Trinajstić information content (AvgIpc) is 2.29. The summed E-state index contributed by atoms with van der Waals surface area (Å²) >= 11 is 0. The molecule has 0 amide bonds. The molecule has 0 aliphatic rings. The molecule has 1 aromatic heterocycles. The van der Waals surface area contributed by atoms with Crippen LogP contribution in [0.5, 0.6) is 0 Å². The minimum Gasteiger partial charge on any atom is -0.287 e. The number of aryl methyl sites for hydroxylation is 1. The second-order valence-electron chi connectivity index (χ2n) is 3.50. The Hall–Kier alpha value is -2.03. The monoisotopic (exact) mass is 215 g/mol. The zero-order valence-corrected chi connectivity index (χ0v) is 8.77. The SMILES string of the molecule is Cc1cc(F)ccc1C(=O)c1ccccn1. The van der Waals surface area contributed by atoms with Crippen LogP contribution in [0.25, 0.3) is 0 Å².